The van der Waals surface area contributed by atoms with Crippen LogP contribution in [0.25, 0.3) is 0 Å². The van der Waals surface area contributed by atoms with Crippen LogP contribution in [0.3, 0.4) is 0 Å². The summed E-state index contributed by atoms with van der Waals surface area (Å²) in [6.07, 6.45) is 6.27. The zero-order valence-corrected chi connectivity index (χ0v) is 14.1. The van der Waals surface area contributed by atoms with Crippen molar-refractivity contribution in [2.45, 2.75) is 44.7 Å². The van der Waals surface area contributed by atoms with Crippen LogP contribution < -0.4 is 0 Å². The average Bonchev–Trinajstić information content (AvgIpc) is 3.29. The second-order valence-electron chi connectivity index (χ2n) is 5.96. The van der Waals surface area contributed by atoms with Crippen molar-refractivity contribution >= 4 is 17.3 Å². The summed E-state index contributed by atoms with van der Waals surface area (Å²) < 4.78 is 10.9. The van der Waals surface area contributed by atoms with Gasteiger partial charge in [0, 0.05) is 17.3 Å². The SMILES string of the molecule is O=C(CCCc1cccs1)OCC1CCCN1Cc1ccco1. The van der Waals surface area contributed by atoms with Gasteiger partial charge in [0.1, 0.15) is 12.4 Å². The van der Waals surface area contributed by atoms with Gasteiger partial charge in [-0.05, 0) is 55.8 Å². The van der Waals surface area contributed by atoms with Gasteiger partial charge in [-0.15, -0.1) is 11.3 Å². The molecule has 0 aliphatic carbocycles. The van der Waals surface area contributed by atoms with Crippen LogP contribution in [0.15, 0.2) is 40.3 Å². The first kappa shape index (κ1) is 16.3. The third-order valence-electron chi connectivity index (χ3n) is 4.26. The van der Waals surface area contributed by atoms with E-state index in [0.29, 0.717) is 19.1 Å². The molecule has 23 heavy (non-hydrogen) atoms. The lowest BCUT2D eigenvalue weighted by molar-refractivity contribution is -0.145. The van der Waals surface area contributed by atoms with Crippen molar-refractivity contribution in [3.05, 3.63) is 46.5 Å². The first-order chi connectivity index (χ1) is 11.3. The predicted octanol–water partition coefficient (Wildman–Crippen LogP) is 3.87. The van der Waals surface area contributed by atoms with Crippen LogP contribution in [-0.2, 0) is 22.5 Å². The van der Waals surface area contributed by atoms with Crippen molar-refractivity contribution in [1.29, 1.82) is 0 Å². The number of furan rings is 1. The van der Waals surface area contributed by atoms with E-state index >= 15 is 0 Å². The topological polar surface area (TPSA) is 42.7 Å². The highest BCUT2D eigenvalue weighted by Crippen LogP contribution is 2.21. The van der Waals surface area contributed by atoms with E-state index in [0.717, 1.165) is 44.5 Å². The molecule has 0 N–H and O–H groups in total. The van der Waals surface area contributed by atoms with Crippen molar-refractivity contribution in [2.24, 2.45) is 0 Å². The van der Waals surface area contributed by atoms with Gasteiger partial charge in [0.2, 0.25) is 0 Å². The molecular weight excluding hydrogens is 310 g/mol. The Kier molecular flexibility index (Phi) is 5.88. The van der Waals surface area contributed by atoms with Crippen molar-refractivity contribution in [3.63, 3.8) is 0 Å². The van der Waals surface area contributed by atoms with Crippen LogP contribution in [0.5, 0.6) is 0 Å². The predicted molar refractivity (Wildman–Crippen MR) is 90.4 cm³/mol. The molecule has 0 amide bonds. The number of hydrogen-bond acceptors (Lipinski definition) is 5. The Labute approximate surface area is 141 Å². The lowest BCUT2D eigenvalue weighted by atomic mass is 10.2. The van der Waals surface area contributed by atoms with Gasteiger partial charge >= 0.3 is 5.97 Å². The van der Waals surface area contributed by atoms with E-state index in [1.54, 1.807) is 17.6 Å². The van der Waals surface area contributed by atoms with Crippen LogP contribution in [0.4, 0.5) is 0 Å². The van der Waals surface area contributed by atoms with Gasteiger partial charge in [-0.1, -0.05) is 6.07 Å². The molecule has 1 unspecified atom stereocenters. The summed E-state index contributed by atoms with van der Waals surface area (Å²) in [7, 11) is 0. The molecule has 5 heteroatoms. The Balaban J connectivity index is 1.36. The van der Waals surface area contributed by atoms with Gasteiger partial charge in [-0.2, -0.15) is 0 Å². The highest BCUT2D eigenvalue weighted by atomic mass is 32.1. The van der Waals surface area contributed by atoms with E-state index in [-0.39, 0.29) is 5.97 Å². The number of esters is 1. The van der Waals surface area contributed by atoms with E-state index in [1.165, 1.54) is 4.88 Å². The molecule has 1 aliphatic heterocycles. The highest BCUT2D eigenvalue weighted by molar-refractivity contribution is 7.09. The second kappa shape index (κ2) is 8.31. The Morgan fingerprint density at radius 1 is 1.39 bits per heavy atom. The van der Waals surface area contributed by atoms with Gasteiger partial charge < -0.3 is 9.15 Å². The fourth-order valence-corrected chi connectivity index (χ4v) is 3.77. The molecule has 0 radical (unpaired) electrons. The summed E-state index contributed by atoms with van der Waals surface area (Å²) in [5.74, 6) is 0.894. The third kappa shape index (κ3) is 4.94. The summed E-state index contributed by atoms with van der Waals surface area (Å²) >= 11 is 1.74. The Hall–Kier alpha value is -1.59. The summed E-state index contributed by atoms with van der Waals surface area (Å²) in [5.41, 5.74) is 0. The molecule has 0 bridgehead atoms. The van der Waals surface area contributed by atoms with E-state index in [1.807, 2.05) is 18.2 Å². The monoisotopic (exact) mass is 333 g/mol. The normalized spacial score (nSPS) is 18.3. The van der Waals surface area contributed by atoms with Crippen LogP contribution in [0.2, 0.25) is 0 Å². The molecule has 0 spiro atoms. The number of aryl methyl sites for hydroxylation is 1. The lowest BCUT2D eigenvalue weighted by Gasteiger charge is -2.23. The van der Waals surface area contributed by atoms with Crippen LogP contribution in [0.1, 0.15) is 36.3 Å². The molecular formula is C18H23NO3S. The molecule has 3 heterocycles. The molecule has 1 aliphatic rings. The minimum absolute atomic E-state index is 0.0774. The second-order valence-corrected chi connectivity index (χ2v) is 6.99. The van der Waals surface area contributed by atoms with E-state index in [9.17, 15) is 4.79 Å². The largest absolute Gasteiger partial charge is 0.468 e. The molecule has 2 aromatic heterocycles. The van der Waals surface area contributed by atoms with Gasteiger partial charge in [-0.3, -0.25) is 9.69 Å². The smallest absolute Gasteiger partial charge is 0.305 e. The maximum absolute atomic E-state index is 11.9. The minimum atomic E-state index is -0.0774. The minimum Gasteiger partial charge on any atom is -0.468 e. The zero-order valence-electron chi connectivity index (χ0n) is 13.3. The molecule has 1 fully saturated rings. The standard InChI is InChI=1S/C18H23NO3S/c20-18(9-1-7-17-8-4-12-23-17)22-14-15-5-2-10-19(15)13-16-6-3-11-21-16/h3-4,6,8,11-12,15H,1-2,5,7,9-10,13-14H2. The first-order valence-corrected chi connectivity index (χ1v) is 9.13. The number of carbonyl (C=O) groups excluding carboxylic acids is 1. The summed E-state index contributed by atoms with van der Waals surface area (Å²) in [4.78, 5) is 15.6. The number of rotatable bonds is 8. The number of hydrogen-bond donors (Lipinski definition) is 0. The maximum atomic E-state index is 11.9. The summed E-state index contributed by atoms with van der Waals surface area (Å²) in [5, 5.41) is 2.07. The third-order valence-corrected chi connectivity index (χ3v) is 5.20. The Morgan fingerprint density at radius 3 is 3.13 bits per heavy atom. The van der Waals surface area contributed by atoms with Crippen molar-refractivity contribution in [1.82, 2.24) is 4.90 Å². The molecule has 1 atom stereocenters. The number of likely N-dealkylation sites (tertiary alicyclic amines) is 1. The molecule has 124 valence electrons. The average molecular weight is 333 g/mol. The van der Waals surface area contributed by atoms with Crippen LogP contribution in [-0.4, -0.2) is 30.1 Å². The number of nitrogens with zero attached hydrogens (tertiary/aromatic N) is 1. The maximum Gasteiger partial charge on any atom is 0.305 e. The van der Waals surface area contributed by atoms with E-state index in [2.05, 4.69) is 16.3 Å². The van der Waals surface area contributed by atoms with Crippen molar-refractivity contribution < 1.29 is 13.9 Å². The molecule has 0 aromatic carbocycles. The van der Waals surface area contributed by atoms with Crippen LogP contribution in [0, 0.1) is 0 Å². The molecule has 3 rings (SSSR count). The zero-order chi connectivity index (χ0) is 15.9. The fourth-order valence-electron chi connectivity index (χ4n) is 3.02. The van der Waals surface area contributed by atoms with Gasteiger partial charge in [0.25, 0.3) is 0 Å². The molecule has 2 aromatic rings. The quantitative estimate of drug-likeness (QED) is 0.688. The molecule has 0 saturated carbocycles. The summed E-state index contributed by atoms with van der Waals surface area (Å²) in [6.45, 7) is 2.34. The van der Waals surface area contributed by atoms with Gasteiger partial charge in [-0.25, -0.2) is 0 Å². The van der Waals surface area contributed by atoms with E-state index < -0.39 is 0 Å². The molecule has 1 saturated heterocycles. The molecule has 4 nitrogen and oxygen atoms in total. The van der Waals surface area contributed by atoms with Crippen molar-refractivity contribution in [3.8, 4) is 0 Å². The van der Waals surface area contributed by atoms with Gasteiger partial charge in [0.15, 0.2) is 0 Å². The number of carbonyl (C=O) groups is 1. The summed E-state index contributed by atoms with van der Waals surface area (Å²) in [6, 6.07) is 8.38. The number of ether oxygens (including phenoxy) is 1. The lowest BCUT2D eigenvalue weighted by Crippen LogP contribution is -2.33. The van der Waals surface area contributed by atoms with Crippen molar-refractivity contribution in [2.75, 3.05) is 13.2 Å². The first-order valence-electron chi connectivity index (χ1n) is 8.26. The van der Waals surface area contributed by atoms with Gasteiger partial charge in [0.05, 0.1) is 12.8 Å². The van der Waals surface area contributed by atoms with Crippen LogP contribution >= 0.6 is 11.3 Å². The Bertz CT molecular complexity index is 579. The Morgan fingerprint density at radius 2 is 2.35 bits per heavy atom. The highest BCUT2D eigenvalue weighted by Gasteiger charge is 2.26. The fraction of sp³-hybridized carbons (Fsp3) is 0.500. The van der Waals surface area contributed by atoms with E-state index in [4.69, 9.17) is 9.15 Å². The number of thiophene rings is 1.